The second-order valence-corrected chi connectivity index (χ2v) is 5.39. The van der Waals surface area contributed by atoms with Crippen LogP contribution < -0.4 is 14.8 Å². The summed E-state index contributed by atoms with van der Waals surface area (Å²) in [7, 11) is 0. The van der Waals surface area contributed by atoms with Crippen LogP contribution in [-0.4, -0.2) is 31.0 Å². The molecule has 0 saturated carbocycles. The standard InChI is InChI=1S/C15H22ClNO3/c1-2-12(18)4-5-17-10-11-8-13(16)15-14(9-11)19-6-3-7-20-15/h8-9,12,17-18H,2-7,10H2,1H3. The van der Waals surface area contributed by atoms with Crippen molar-refractivity contribution >= 4 is 11.6 Å². The van der Waals surface area contributed by atoms with Gasteiger partial charge in [0.15, 0.2) is 11.5 Å². The summed E-state index contributed by atoms with van der Waals surface area (Å²) >= 11 is 6.23. The Labute approximate surface area is 125 Å². The smallest absolute Gasteiger partial charge is 0.179 e. The van der Waals surface area contributed by atoms with E-state index in [-0.39, 0.29) is 6.10 Å². The first kappa shape index (κ1) is 15.4. The lowest BCUT2D eigenvalue weighted by Crippen LogP contribution is -2.19. The molecule has 20 heavy (non-hydrogen) atoms. The fourth-order valence-electron chi connectivity index (χ4n) is 2.09. The van der Waals surface area contributed by atoms with Crippen molar-refractivity contribution < 1.29 is 14.6 Å². The summed E-state index contributed by atoms with van der Waals surface area (Å²) in [4.78, 5) is 0. The van der Waals surface area contributed by atoms with E-state index < -0.39 is 0 Å². The van der Waals surface area contributed by atoms with Crippen molar-refractivity contribution in [2.75, 3.05) is 19.8 Å². The Bertz CT molecular complexity index is 439. The lowest BCUT2D eigenvalue weighted by Gasteiger charge is -2.13. The molecular weight excluding hydrogens is 278 g/mol. The first-order valence-corrected chi connectivity index (χ1v) is 7.55. The highest BCUT2D eigenvalue weighted by Crippen LogP contribution is 2.37. The zero-order chi connectivity index (χ0) is 14.4. The molecule has 1 aliphatic heterocycles. The predicted molar refractivity (Wildman–Crippen MR) is 79.7 cm³/mol. The summed E-state index contributed by atoms with van der Waals surface area (Å²) in [5.41, 5.74) is 1.06. The summed E-state index contributed by atoms with van der Waals surface area (Å²) in [5.74, 6) is 1.37. The molecule has 5 heteroatoms. The largest absolute Gasteiger partial charge is 0.489 e. The third-order valence-electron chi connectivity index (χ3n) is 3.32. The molecule has 0 aromatic heterocycles. The van der Waals surface area contributed by atoms with Crippen molar-refractivity contribution in [2.24, 2.45) is 0 Å². The average Bonchev–Trinajstić information content (AvgIpc) is 2.69. The summed E-state index contributed by atoms with van der Waals surface area (Å²) < 4.78 is 11.3. The van der Waals surface area contributed by atoms with Crippen molar-refractivity contribution in [1.29, 1.82) is 0 Å². The molecule has 2 N–H and O–H groups in total. The maximum atomic E-state index is 9.49. The molecule has 1 heterocycles. The molecule has 1 aliphatic rings. The molecule has 112 valence electrons. The van der Waals surface area contributed by atoms with Crippen LogP contribution >= 0.6 is 11.6 Å². The number of aliphatic hydroxyl groups is 1. The van der Waals surface area contributed by atoms with Gasteiger partial charge in [0.2, 0.25) is 0 Å². The van der Waals surface area contributed by atoms with Crippen LogP contribution in [0.25, 0.3) is 0 Å². The number of hydrogen-bond donors (Lipinski definition) is 2. The van der Waals surface area contributed by atoms with Crippen LogP contribution in [0, 0.1) is 0 Å². The zero-order valence-electron chi connectivity index (χ0n) is 11.8. The summed E-state index contributed by atoms with van der Waals surface area (Å²) in [6.07, 6.45) is 2.19. The van der Waals surface area contributed by atoms with Crippen LogP contribution in [0.3, 0.4) is 0 Å². The van der Waals surface area contributed by atoms with E-state index in [1.807, 2.05) is 19.1 Å². The average molecular weight is 300 g/mol. The highest BCUT2D eigenvalue weighted by Gasteiger charge is 2.15. The van der Waals surface area contributed by atoms with E-state index in [9.17, 15) is 5.11 Å². The SMILES string of the molecule is CCC(O)CCNCc1cc(Cl)c2c(c1)OCCCO2. The van der Waals surface area contributed by atoms with Crippen LogP contribution in [0.15, 0.2) is 12.1 Å². The molecule has 1 aromatic rings. The Morgan fingerprint density at radius 3 is 2.95 bits per heavy atom. The van der Waals surface area contributed by atoms with Crippen molar-refractivity contribution in [3.05, 3.63) is 22.7 Å². The molecule has 1 atom stereocenters. The number of fused-ring (bicyclic) bond motifs is 1. The monoisotopic (exact) mass is 299 g/mol. The van der Waals surface area contributed by atoms with Crippen molar-refractivity contribution in [3.8, 4) is 11.5 Å². The summed E-state index contributed by atoms with van der Waals surface area (Å²) in [6, 6.07) is 3.87. The quantitative estimate of drug-likeness (QED) is 0.793. The van der Waals surface area contributed by atoms with E-state index in [4.69, 9.17) is 21.1 Å². The Kier molecular flexibility index (Phi) is 5.95. The molecule has 2 rings (SSSR count). The maximum Gasteiger partial charge on any atom is 0.179 e. The highest BCUT2D eigenvalue weighted by atomic mass is 35.5. The summed E-state index contributed by atoms with van der Waals surface area (Å²) in [5, 5.41) is 13.4. The Morgan fingerprint density at radius 1 is 1.35 bits per heavy atom. The van der Waals surface area contributed by atoms with E-state index in [2.05, 4.69) is 5.32 Å². The Morgan fingerprint density at radius 2 is 2.15 bits per heavy atom. The number of nitrogens with one attached hydrogen (secondary N) is 1. The van der Waals surface area contributed by atoms with Gasteiger partial charge in [-0.2, -0.15) is 0 Å². The lowest BCUT2D eigenvalue weighted by molar-refractivity contribution is 0.159. The fraction of sp³-hybridized carbons (Fsp3) is 0.600. The van der Waals surface area contributed by atoms with E-state index in [0.717, 1.165) is 37.1 Å². The van der Waals surface area contributed by atoms with Gasteiger partial charge in [0.25, 0.3) is 0 Å². The first-order valence-electron chi connectivity index (χ1n) is 7.17. The van der Waals surface area contributed by atoms with Crippen molar-refractivity contribution in [2.45, 2.75) is 38.8 Å². The van der Waals surface area contributed by atoms with Gasteiger partial charge in [-0.1, -0.05) is 18.5 Å². The molecule has 0 saturated heterocycles. The number of ether oxygens (including phenoxy) is 2. The predicted octanol–water partition coefficient (Wildman–Crippen LogP) is 2.75. The van der Waals surface area contributed by atoms with Gasteiger partial charge in [0.1, 0.15) is 0 Å². The number of rotatable bonds is 6. The molecule has 0 spiro atoms. The molecule has 0 fully saturated rings. The van der Waals surface area contributed by atoms with Gasteiger partial charge in [-0.25, -0.2) is 0 Å². The zero-order valence-corrected chi connectivity index (χ0v) is 12.6. The molecule has 0 bridgehead atoms. The van der Waals surface area contributed by atoms with Gasteiger partial charge < -0.3 is 19.9 Å². The minimum absolute atomic E-state index is 0.227. The molecule has 1 unspecified atom stereocenters. The second kappa shape index (κ2) is 7.72. The minimum Gasteiger partial charge on any atom is -0.489 e. The number of halogens is 1. The number of benzene rings is 1. The van der Waals surface area contributed by atoms with E-state index in [0.29, 0.717) is 30.5 Å². The van der Waals surface area contributed by atoms with Gasteiger partial charge in [-0.15, -0.1) is 0 Å². The van der Waals surface area contributed by atoms with Crippen LogP contribution in [0.5, 0.6) is 11.5 Å². The second-order valence-electron chi connectivity index (χ2n) is 4.98. The summed E-state index contributed by atoms with van der Waals surface area (Å²) in [6.45, 7) is 4.75. The number of hydrogen-bond acceptors (Lipinski definition) is 4. The van der Waals surface area contributed by atoms with Gasteiger partial charge in [0, 0.05) is 13.0 Å². The van der Waals surface area contributed by atoms with Crippen LogP contribution in [0.2, 0.25) is 5.02 Å². The normalized spacial score (nSPS) is 15.8. The van der Waals surface area contributed by atoms with E-state index >= 15 is 0 Å². The highest BCUT2D eigenvalue weighted by molar-refractivity contribution is 6.32. The third-order valence-corrected chi connectivity index (χ3v) is 3.60. The van der Waals surface area contributed by atoms with Crippen molar-refractivity contribution in [3.63, 3.8) is 0 Å². The first-order chi connectivity index (χ1) is 9.70. The van der Waals surface area contributed by atoms with E-state index in [1.54, 1.807) is 0 Å². The van der Waals surface area contributed by atoms with E-state index in [1.165, 1.54) is 0 Å². The van der Waals surface area contributed by atoms with Crippen LogP contribution in [0.4, 0.5) is 0 Å². The van der Waals surface area contributed by atoms with Crippen molar-refractivity contribution in [1.82, 2.24) is 5.32 Å². The maximum absolute atomic E-state index is 9.49. The minimum atomic E-state index is -0.227. The van der Waals surface area contributed by atoms with Crippen LogP contribution in [0.1, 0.15) is 31.7 Å². The lowest BCUT2D eigenvalue weighted by atomic mass is 10.2. The number of aliphatic hydroxyl groups excluding tert-OH is 1. The van der Waals surface area contributed by atoms with Gasteiger partial charge in [-0.05, 0) is 37.1 Å². The topological polar surface area (TPSA) is 50.7 Å². The van der Waals surface area contributed by atoms with Gasteiger partial charge in [-0.3, -0.25) is 0 Å². The fourth-order valence-corrected chi connectivity index (χ4v) is 2.38. The Balaban J connectivity index is 1.92. The molecule has 0 amide bonds. The molecule has 4 nitrogen and oxygen atoms in total. The third kappa shape index (κ3) is 4.27. The molecule has 1 aromatic carbocycles. The Hall–Kier alpha value is -0.970. The van der Waals surface area contributed by atoms with Gasteiger partial charge in [0.05, 0.1) is 24.3 Å². The molecular formula is C15H22ClNO3. The van der Waals surface area contributed by atoms with Crippen LogP contribution in [-0.2, 0) is 6.54 Å². The van der Waals surface area contributed by atoms with Gasteiger partial charge >= 0.3 is 0 Å². The molecule has 0 radical (unpaired) electrons. The molecule has 0 aliphatic carbocycles.